The Morgan fingerprint density at radius 1 is 0.250 bits per heavy atom. The Morgan fingerprint density at radius 3 is 0.562 bits per heavy atom. The van der Waals surface area contributed by atoms with Crippen molar-refractivity contribution in [2.24, 2.45) is 0 Å². The van der Waals surface area contributed by atoms with Gasteiger partial charge in [0.1, 0.15) is 22.7 Å². The second-order valence-electron chi connectivity index (χ2n) is 18.6. The summed E-state index contributed by atoms with van der Waals surface area (Å²) in [5.41, 5.74) is -16.8. The van der Waals surface area contributed by atoms with Crippen molar-refractivity contribution in [3.63, 3.8) is 0 Å². The number of H-pyrrole nitrogens is 4. The van der Waals surface area contributed by atoms with Crippen molar-refractivity contribution in [2.75, 3.05) is 74.0 Å². The summed E-state index contributed by atoms with van der Waals surface area (Å²) in [6.07, 6.45) is 0. The molecular formula is C56H44F16N8. The van der Waals surface area contributed by atoms with Crippen LogP contribution in [0.3, 0.4) is 0 Å². The molecule has 0 unspecified atom stereocenters. The van der Waals surface area contributed by atoms with E-state index in [-0.39, 0.29) is 26.2 Å². The minimum atomic E-state index is -2.05. The molecule has 0 saturated carbocycles. The molecule has 4 N–H and O–H groups in total. The van der Waals surface area contributed by atoms with E-state index in [1.165, 1.54) is 27.7 Å². The lowest BCUT2D eigenvalue weighted by molar-refractivity contribution is 0.450. The summed E-state index contributed by atoms with van der Waals surface area (Å²) >= 11 is 0. The smallest absolute Gasteiger partial charge is 0.185 e. The van der Waals surface area contributed by atoms with Gasteiger partial charge in [0.25, 0.3) is 0 Å². The van der Waals surface area contributed by atoms with Crippen LogP contribution in [0.5, 0.6) is 0 Å². The second kappa shape index (κ2) is 21.0. The standard InChI is InChI=1S/C56H44F16N8/c1-9-77(5)53-45(65)37(57)33(38(58)46(53)66)29-21-13-15-23(73-21)30(34-39(59)47(67)54(78(6)10-2)48(68)40(34)60)25-17-19-27(75-25)32(36-43(63)51(71)56(80(8)12-4)52(72)44(36)64)28-20-18-26(76-28)31(24-16-14-22(29)74-24)35-41(61)49(69)55(79(7)11-3)50(70)42(35)62/h13-20,73-76H,9-12H2,1-8H3. The van der Waals surface area contributed by atoms with Gasteiger partial charge in [-0.05, 0) is 76.2 Å². The zero-order valence-corrected chi connectivity index (χ0v) is 43.3. The topological polar surface area (TPSA) is 76.1 Å². The number of aromatic nitrogens is 4. The number of hydrogen-bond acceptors (Lipinski definition) is 4. The molecule has 24 heteroatoms. The van der Waals surface area contributed by atoms with Crippen LogP contribution in [0.4, 0.5) is 93.0 Å². The van der Waals surface area contributed by atoms with E-state index in [9.17, 15) is 0 Å². The fraction of sp³-hybridized carbons (Fsp3) is 0.214. The van der Waals surface area contributed by atoms with Crippen molar-refractivity contribution in [1.29, 1.82) is 0 Å². The van der Waals surface area contributed by atoms with Crippen LogP contribution < -0.4 is 41.0 Å². The number of nitrogens with one attached hydrogen (secondary N) is 4. The molecule has 0 aliphatic carbocycles. The van der Waals surface area contributed by atoms with Crippen LogP contribution in [0.25, 0.3) is 22.3 Å². The van der Waals surface area contributed by atoms with Gasteiger partial charge in [0.2, 0.25) is 0 Å². The number of hydrogen-bond donors (Lipinski definition) is 4. The predicted molar refractivity (Wildman–Crippen MR) is 269 cm³/mol. The molecule has 0 amide bonds. The molecule has 4 aromatic carbocycles. The van der Waals surface area contributed by atoms with Crippen LogP contribution in [0, 0.1) is 93.1 Å². The van der Waals surface area contributed by atoms with Gasteiger partial charge in [-0.15, -0.1) is 0 Å². The quantitative estimate of drug-likeness (QED) is 0.0727. The Bertz CT molecular complexity index is 3500. The van der Waals surface area contributed by atoms with Gasteiger partial charge in [-0.25, -0.2) is 70.2 Å². The number of fused-ring (bicyclic) bond motifs is 8. The van der Waals surface area contributed by atoms with E-state index < -0.39 is 205 Å². The van der Waals surface area contributed by atoms with Gasteiger partial charge in [0.05, 0.1) is 22.3 Å². The highest BCUT2D eigenvalue weighted by Crippen LogP contribution is 2.41. The zero-order chi connectivity index (χ0) is 58.4. The monoisotopic (exact) mass is 1130 g/mol. The van der Waals surface area contributed by atoms with Crippen LogP contribution in [0.2, 0.25) is 0 Å². The van der Waals surface area contributed by atoms with Gasteiger partial charge < -0.3 is 39.5 Å². The van der Waals surface area contributed by atoms with Gasteiger partial charge in [-0.1, -0.05) is 0 Å². The van der Waals surface area contributed by atoms with E-state index >= 15 is 70.2 Å². The van der Waals surface area contributed by atoms with Gasteiger partial charge in [-0.3, -0.25) is 0 Å². The summed E-state index contributed by atoms with van der Waals surface area (Å²) in [4.78, 5) is 13.8. The van der Waals surface area contributed by atoms with E-state index in [1.807, 2.05) is 0 Å². The van der Waals surface area contributed by atoms with Crippen molar-refractivity contribution in [3.8, 4) is 0 Å². The third-order valence-electron chi connectivity index (χ3n) is 14.3. The third-order valence-corrected chi connectivity index (χ3v) is 14.3. The highest BCUT2D eigenvalue weighted by Gasteiger charge is 2.36. The SMILES string of the molecule is CCN(C)c1c(F)c(F)c(C2=c3ccc([nH]3)=C(c3c(F)c(F)c(N(C)CC)c(F)c3F)c3ccc([nH]3)C(c3c(F)c(F)c(N(C)CC)c(F)c3F)=c3ccc([nH]3)=C(c3c(F)c(F)c(N(C)CC)c(F)c3F)c3ccc2[nH]3)c(F)c1F. The molecule has 1 aliphatic rings. The second-order valence-corrected chi connectivity index (χ2v) is 18.6. The predicted octanol–water partition coefficient (Wildman–Crippen LogP) is 10.4. The number of rotatable bonds is 12. The molecule has 4 aromatic heterocycles. The minimum Gasteiger partial charge on any atom is -0.370 e. The molecule has 5 heterocycles. The molecule has 0 atom stereocenters. The van der Waals surface area contributed by atoms with Crippen molar-refractivity contribution in [2.45, 2.75) is 27.7 Å². The maximum Gasteiger partial charge on any atom is 0.185 e. The molecule has 8 aromatic rings. The number of halogens is 16. The average molecular weight is 1130 g/mol. The molecule has 0 saturated heterocycles. The fourth-order valence-corrected chi connectivity index (χ4v) is 9.74. The van der Waals surface area contributed by atoms with Crippen molar-refractivity contribution >= 4 is 45.0 Å². The number of aromatic amines is 4. The number of benzene rings is 4. The number of anilines is 4. The fourth-order valence-electron chi connectivity index (χ4n) is 9.74. The normalized spacial score (nSPS) is 12.6. The molecule has 9 rings (SSSR count). The first kappa shape index (κ1) is 56.3. The lowest BCUT2D eigenvalue weighted by atomic mass is 9.99. The largest absolute Gasteiger partial charge is 0.370 e. The first-order valence-corrected chi connectivity index (χ1v) is 24.4. The lowest BCUT2D eigenvalue weighted by Crippen LogP contribution is -2.25. The highest BCUT2D eigenvalue weighted by atomic mass is 19.2. The van der Waals surface area contributed by atoms with Gasteiger partial charge in [0.15, 0.2) is 93.1 Å². The summed E-state index contributed by atoms with van der Waals surface area (Å²) in [6.45, 7) is 4.86. The van der Waals surface area contributed by atoms with Crippen molar-refractivity contribution in [3.05, 3.63) is 208 Å². The summed E-state index contributed by atoms with van der Waals surface area (Å²) in [5, 5.41) is -2.53. The summed E-state index contributed by atoms with van der Waals surface area (Å²) in [7, 11) is 4.45. The molecule has 8 bridgehead atoms. The van der Waals surface area contributed by atoms with Crippen molar-refractivity contribution in [1.82, 2.24) is 19.9 Å². The molecule has 0 fully saturated rings. The van der Waals surface area contributed by atoms with E-state index in [4.69, 9.17) is 0 Å². The van der Waals surface area contributed by atoms with Crippen LogP contribution in [-0.2, 0) is 0 Å². The Morgan fingerprint density at radius 2 is 0.412 bits per heavy atom. The maximum atomic E-state index is 16.8. The Balaban J connectivity index is 1.55. The Labute approximate surface area is 443 Å². The van der Waals surface area contributed by atoms with Gasteiger partial charge >= 0.3 is 0 Å². The minimum absolute atomic E-state index is 0.186. The number of nitrogens with zero attached hydrogens (tertiary/aromatic N) is 4. The molecular weight excluding hydrogens is 1090 g/mol. The molecule has 8 nitrogen and oxygen atoms in total. The summed E-state index contributed by atoms with van der Waals surface area (Å²) in [6, 6.07) is 7.39. The maximum absolute atomic E-state index is 16.8. The Hall–Kier alpha value is -8.44. The molecule has 1 aliphatic heterocycles. The summed E-state index contributed by atoms with van der Waals surface area (Å²) in [5.74, 6) is -31.9. The van der Waals surface area contributed by atoms with Crippen LogP contribution in [0.1, 0.15) is 72.7 Å². The first-order chi connectivity index (χ1) is 37.9. The molecule has 420 valence electrons. The third kappa shape index (κ3) is 8.55. The van der Waals surface area contributed by atoms with E-state index in [2.05, 4.69) is 19.9 Å². The molecule has 0 spiro atoms. The van der Waals surface area contributed by atoms with Crippen LogP contribution in [-0.4, -0.2) is 74.3 Å². The van der Waals surface area contributed by atoms with E-state index in [0.29, 0.717) is 0 Å². The van der Waals surface area contributed by atoms with Gasteiger partial charge in [0, 0.05) is 121 Å². The molecule has 80 heavy (non-hydrogen) atoms. The lowest BCUT2D eigenvalue weighted by Gasteiger charge is -2.21. The van der Waals surface area contributed by atoms with Crippen LogP contribution in [0.15, 0.2) is 48.5 Å². The zero-order valence-electron chi connectivity index (χ0n) is 43.3. The van der Waals surface area contributed by atoms with Gasteiger partial charge in [-0.2, -0.15) is 0 Å². The average Bonchev–Trinajstić information content (AvgIpc) is 4.31. The Kier molecular flexibility index (Phi) is 14.8. The van der Waals surface area contributed by atoms with Crippen molar-refractivity contribution < 1.29 is 70.2 Å². The molecule has 0 radical (unpaired) electrons. The van der Waals surface area contributed by atoms with Crippen LogP contribution >= 0.6 is 0 Å². The summed E-state index contributed by atoms with van der Waals surface area (Å²) < 4.78 is 265. The first-order valence-electron chi connectivity index (χ1n) is 24.4. The van der Waals surface area contributed by atoms with E-state index in [0.717, 1.165) is 96.3 Å². The van der Waals surface area contributed by atoms with E-state index in [1.54, 1.807) is 0 Å². The highest BCUT2D eigenvalue weighted by molar-refractivity contribution is 5.87.